The van der Waals surface area contributed by atoms with Crippen molar-refractivity contribution in [3.63, 3.8) is 0 Å². The quantitative estimate of drug-likeness (QED) is 0.828. The van der Waals surface area contributed by atoms with E-state index < -0.39 is 5.97 Å². The highest BCUT2D eigenvalue weighted by molar-refractivity contribution is 5.89. The second-order valence-electron chi connectivity index (χ2n) is 4.14. The summed E-state index contributed by atoms with van der Waals surface area (Å²) in [5, 5.41) is 8.97. The lowest BCUT2D eigenvalue weighted by atomic mass is 9.99. The van der Waals surface area contributed by atoms with E-state index in [1.54, 1.807) is 12.1 Å². The van der Waals surface area contributed by atoms with E-state index in [1.165, 1.54) is 5.56 Å². The van der Waals surface area contributed by atoms with Crippen molar-refractivity contribution in [1.82, 2.24) is 0 Å². The lowest BCUT2D eigenvalue weighted by Crippen LogP contribution is -2.27. The number of benzene rings is 1. The lowest BCUT2D eigenvalue weighted by Gasteiger charge is -2.31. The Hall–Kier alpha value is -1.77. The SMILES string of the molecule is C=C(C)N1CCCc2ccc(C(=O)O)cc21. The summed E-state index contributed by atoms with van der Waals surface area (Å²) in [5.41, 5.74) is 3.51. The Morgan fingerprint density at radius 1 is 1.50 bits per heavy atom. The Balaban J connectivity index is 2.48. The molecule has 1 N–H and O–H groups in total. The van der Waals surface area contributed by atoms with Crippen molar-refractivity contribution in [1.29, 1.82) is 0 Å². The molecule has 0 amide bonds. The molecular formula is C13H15NO2. The van der Waals surface area contributed by atoms with Crippen LogP contribution in [-0.4, -0.2) is 17.6 Å². The van der Waals surface area contributed by atoms with Gasteiger partial charge in [0.1, 0.15) is 0 Å². The largest absolute Gasteiger partial charge is 0.478 e. The summed E-state index contributed by atoms with van der Waals surface area (Å²) < 4.78 is 0. The maximum Gasteiger partial charge on any atom is 0.335 e. The molecule has 0 atom stereocenters. The van der Waals surface area contributed by atoms with Crippen LogP contribution < -0.4 is 4.90 Å². The van der Waals surface area contributed by atoms with Crippen LogP contribution in [0.1, 0.15) is 29.3 Å². The number of hydrogen-bond acceptors (Lipinski definition) is 2. The van der Waals surface area contributed by atoms with Gasteiger partial charge in [-0.05, 0) is 37.5 Å². The second-order valence-corrected chi connectivity index (χ2v) is 4.14. The van der Waals surface area contributed by atoms with Gasteiger partial charge in [0.05, 0.1) is 5.56 Å². The Labute approximate surface area is 95.0 Å². The van der Waals surface area contributed by atoms with E-state index in [0.29, 0.717) is 5.56 Å². The number of aromatic carboxylic acids is 1. The molecule has 2 rings (SSSR count). The number of nitrogens with zero attached hydrogens (tertiary/aromatic N) is 1. The molecule has 1 aromatic rings. The van der Waals surface area contributed by atoms with Gasteiger partial charge in [0.2, 0.25) is 0 Å². The van der Waals surface area contributed by atoms with Crippen molar-refractivity contribution in [3.05, 3.63) is 41.6 Å². The summed E-state index contributed by atoms with van der Waals surface area (Å²) in [4.78, 5) is 13.0. The summed E-state index contributed by atoms with van der Waals surface area (Å²) in [6.07, 6.45) is 2.10. The minimum Gasteiger partial charge on any atom is -0.478 e. The molecule has 1 aromatic carbocycles. The van der Waals surface area contributed by atoms with Crippen molar-refractivity contribution >= 4 is 11.7 Å². The smallest absolute Gasteiger partial charge is 0.335 e. The maximum atomic E-state index is 10.9. The van der Waals surface area contributed by atoms with Crippen LogP contribution in [0.2, 0.25) is 0 Å². The fraction of sp³-hybridized carbons (Fsp3) is 0.308. The summed E-state index contributed by atoms with van der Waals surface area (Å²) in [7, 11) is 0. The number of hydrogen-bond donors (Lipinski definition) is 1. The molecule has 1 aliphatic rings. The monoisotopic (exact) mass is 217 g/mol. The third-order valence-corrected chi connectivity index (χ3v) is 2.91. The second kappa shape index (κ2) is 4.00. The molecule has 3 heteroatoms. The number of anilines is 1. The first kappa shape index (κ1) is 10.7. The Bertz CT molecular complexity index is 451. The molecule has 0 aromatic heterocycles. The van der Waals surface area contributed by atoms with Gasteiger partial charge in [-0.15, -0.1) is 0 Å². The molecule has 16 heavy (non-hydrogen) atoms. The number of aryl methyl sites for hydroxylation is 1. The summed E-state index contributed by atoms with van der Waals surface area (Å²) in [6.45, 7) is 6.80. The molecule has 0 fully saturated rings. The van der Waals surface area contributed by atoms with Crippen molar-refractivity contribution in [2.45, 2.75) is 19.8 Å². The van der Waals surface area contributed by atoms with Gasteiger partial charge in [0, 0.05) is 17.9 Å². The van der Waals surface area contributed by atoms with Crippen LogP contribution in [0.15, 0.2) is 30.5 Å². The van der Waals surface area contributed by atoms with Gasteiger partial charge in [0.15, 0.2) is 0 Å². The van der Waals surface area contributed by atoms with Crippen molar-refractivity contribution < 1.29 is 9.90 Å². The zero-order valence-electron chi connectivity index (χ0n) is 9.36. The fourth-order valence-electron chi connectivity index (χ4n) is 2.10. The molecule has 0 saturated heterocycles. The zero-order valence-corrected chi connectivity index (χ0v) is 9.36. The molecule has 0 radical (unpaired) electrons. The molecular weight excluding hydrogens is 202 g/mol. The van der Waals surface area contributed by atoms with Crippen LogP contribution >= 0.6 is 0 Å². The maximum absolute atomic E-state index is 10.9. The average molecular weight is 217 g/mol. The molecule has 0 spiro atoms. The average Bonchev–Trinajstić information content (AvgIpc) is 2.27. The number of allylic oxidation sites excluding steroid dienone is 1. The van der Waals surface area contributed by atoms with Crippen LogP contribution in [0.4, 0.5) is 5.69 Å². The highest BCUT2D eigenvalue weighted by atomic mass is 16.4. The number of rotatable bonds is 2. The normalized spacial score (nSPS) is 14.4. The van der Waals surface area contributed by atoms with Crippen LogP contribution in [0, 0.1) is 0 Å². The van der Waals surface area contributed by atoms with Crippen LogP contribution in [0.5, 0.6) is 0 Å². The van der Waals surface area contributed by atoms with Gasteiger partial charge in [-0.2, -0.15) is 0 Å². The predicted molar refractivity (Wildman–Crippen MR) is 63.9 cm³/mol. The van der Waals surface area contributed by atoms with Gasteiger partial charge in [0.25, 0.3) is 0 Å². The Morgan fingerprint density at radius 3 is 2.88 bits per heavy atom. The van der Waals surface area contributed by atoms with E-state index in [9.17, 15) is 4.79 Å². The summed E-state index contributed by atoms with van der Waals surface area (Å²) in [5.74, 6) is -0.880. The van der Waals surface area contributed by atoms with Gasteiger partial charge in [-0.3, -0.25) is 0 Å². The lowest BCUT2D eigenvalue weighted by molar-refractivity contribution is 0.0697. The highest BCUT2D eigenvalue weighted by Crippen LogP contribution is 2.30. The van der Waals surface area contributed by atoms with E-state index in [2.05, 4.69) is 11.5 Å². The molecule has 1 heterocycles. The number of carbonyl (C=O) groups is 1. The zero-order chi connectivity index (χ0) is 11.7. The number of carboxylic acids is 1. The van der Waals surface area contributed by atoms with Gasteiger partial charge in [-0.1, -0.05) is 12.6 Å². The predicted octanol–water partition coefficient (Wildman–Crippen LogP) is 2.67. The molecule has 0 aliphatic carbocycles. The van der Waals surface area contributed by atoms with E-state index >= 15 is 0 Å². The molecule has 3 nitrogen and oxygen atoms in total. The molecule has 84 valence electrons. The van der Waals surface area contributed by atoms with Crippen LogP contribution in [0.25, 0.3) is 0 Å². The van der Waals surface area contributed by atoms with E-state index in [4.69, 9.17) is 5.11 Å². The molecule has 0 bridgehead atoms. The van der Waals surface area contributed by atoms with Crippen molar-refractivity contribution in [3.8, 4) is 0 Å². The first-order valence-electron chi connectivity index (χ1n) is 5.39. The van der Waals surface area contributed by atoms with Crippen molar-refractivity contribution in [2.75, 3.05) is 11.4 Å². The highest BCUT2D eigenvalue weighted by Gasteiger charge is 2.18. The minimum absolute atomic E-state index is 0.340. The van der Waals surface area contributed by atoms with Gasteiger partial charge < -0.3 is 10.0 Å². The fourth-order valence-corrected chi connectivity index (χ4v) is 2.10. The van der Waals surface area contributed by atoms with E-state index in [-0.39, 0.29) is 0 Å². The van der Waals surface area contributed by atoms with E-state index in [1.807, 2.05) is 13.0 Å². The first-order valence-corrected chi connectivity index (χ1v) is 5.39. The van der Waals surface area contributed by atoms with E-state index in [0.717, 1.165) is 30.8 Å². The van der Waals surface area contributed by atoms with Crippen LogP contribution in [-0.2, 0) is 6.42 Å². The number of fused-ring (bicyclic) bond motifs is 1. The minimum atomic E-state index is -0.880. The Kier molecular flexibility index (Phi) is 2.69. The summed E-state index contributed by atoms with van der Waals surface area (Å²) >= 11 is 0. The number of carboxylic acid groups (broad SMARTS) is 1. The first-order chi connectivity index (χ1) is 7.59. The van der Waals surface area contributed by atoms with Crippen molar-refractivity contribution in [2.24, 2.45) is 0 Å². The molecule has 0 unspecified atom stereocenters. The Morgan fingerprint density at radius 2 is 2.25 bits per heavy atom. The van der Waals surface area contributed by atoms with Gasteiger partial charge >= 0.3 is 5.97 Å². The third kappa shape index (κ3) is 1.81. The standard InChI is InChI=1S/C13H15NO2/c1-9(2)14-7-3-4-10-5-6-11(13(15)16)8-12(10)14/h5-6,8H,1,3-4,7H2,2H3,(H,15,16). The molecule has 1 aliphatic heterocycles. The van der Waals surface area contributed by atoms with Crippen LogP contribution in [0.3, 0.4) is 0 Å². The third-order valence-electron chi connectivity index (χ3n) is 2.91. The summed E-state index contributed by atoms with van der Waals surface area (Å²) in [6, 6.07) is 5.32. The topological polar surface area (TPSA) is 40.5 Å². The van der Waals surface area contributed by atoms with Gasteiger partial charge in [-0.25, -0.2) is 4.79 Å². The molecule has 0 saturated carbocycles.